The summed E-state index contributed by atoms with van der Waals surface area (Å²) in [6.45, 7) is 4.77. The zero-order valence-electron chi connectivity index (χ0n) is 15.6. The van der Waals surface area contributed by atoms with Gasteiger partial charge in [0.1, 0.15) is 0 Å². The maximum atomic E-state index is 12.4. The van der Waals surface area contributed by atoms with Gasteiger partial charge in [0.15, 0.2) is 0 Å². The van der Waals surface area contributed by atoms with E-state index in [0.717, 1.165) is 30.2 Å². The van der Waals surface area contributed by atoms with Crippen molar-refractivity contribution in [1.82, 2.24) is 14.8 Å². The smallest absolute Gasteiger partial charge is 0.475 e. The minimum atomic E-state index is -5.08. The minimum Gasteiger partial charge on any atom is -0.475 e. The number of thiazole rings is 1. The third kappa shape index (κ3) is 5.34. The van der Waals surface area contributed by atoms with E-state index in [2.05, 4.69) is 37.7 Å². The predicted octanol–water partition coefficient (Wildman–Crippen LogP) is 3.52. The number of hydrogen-bond acceptors (Lipinski definition) is 6. The molecular formula is C18H20F3N3O3S2. The van der Waals surface area contributed by atoms with E-state index in [-0.39, 0.29) is 5.91 Å². The van der Waals surface area contributed by atoms with Crippen molar-refractivity contribution in [2.24, 2.45) is 0 Å². The van der Waals surface area contributed by atoms with Gasteiger partial charge >= 0.3 is 12.1 Å². The van der Waals surface area contributed by atoms with E-state index in [4.69, 9.17) is 9.90 Å². The molecular weight excluding hydrogens is 427 g/mol. The maximum absolute atomic E-state index is 12.4. The van der Waals surface area contributed by atoms with Crippen molar-refractivity contribution in [1.29, 1.82) is 0 Å². The van der Waals surface area contributed by atoms with Crippen LogP contribution < -0.4 is 0 Å². The Bertz CT molecular complexity index is 854. The summed E-state index contributed by atoms with van der Waals surface area (Å²) in [7, 11) is 0. The summed E-state index contributed by atoms with van der Waals surface area (Å²) in [6.07, 6.45) is -3.33. The van der Waals surface area contributed by atoms with Crippen LogP contribution in [-0.2, 0) is 22.7 Å². The number of thiophene rings is 1. The molecule has 1 N–H and O–H groups in total. The number of aromatic nitrogens is 1. The Labute approximate surface area is 173 Å². The molecule has 6 nitrogen and oxygen atoms in total. The van der Waals surface area contributed by atoms with Crippen molar-refractivity contribution in [3.63, 3.8) is 0 Å². The van der Waals surface area contributed by atoms with Gasteiger partial charge in [-0.2, -0.15) is 13.2 Å². The Morgan fingerprint density at radius 3 is 2.59 bits per heavy atom. The highest BCUT2D eigenvalue weighted by Crippen LogP contribution is 2.35. The standard InChI is InChI=1S/C16H19N3OS2.C2HF3O2/c1-11-17-12(10-22-11)8-19-14-4-5-18(15(14)7-16(19)20)9-13-3-2-6-21-13;3-2(4,5)1(6)7/h2-3,6,10,14-15H,4-5,7-9H2,1H3;(H,6,7)/t14-,15+;/m0./s1. The van der Waals surface area contributed by atoms with Crippen molar-refractivity contribution < 1.29 is 27.9 Å². The molecule has 2 fully saturated rings. The van der Waals surface area contributed by atoms with Crippen molar-refractivity contribution in [2.75, 3.05) is 6.54 Å². The van der Waals surface area contributed by atoms with Crippen LogP contribution in [0.5, 0.6) is 0 Å². The van der Waals surface area contributed by atoms with Crippen molar-refractivity contribution >= 4 is 34.6 Å². The Hall–Kier alpha value is -1.98. The number of carbonyl (C=O) groups excluding carboxylic acids is 1. The third-order valence-electron chi connectivity index (χ3n) is 4.91. The molecule has 0 saturated carbocycles. The van der Waals surface area contributed by atoms with Gasteiger partial charge in [-0.05, 0) is 24.8 Å². The Morgan fingerprint density at radius 2 is 2.03 bits per heavy atom. The highest BCUT2D eigenvalue weighted by Gasteiger charge is 2.46. The Balaban J connectivity index is 0.000000298. The summed E-state index contributed by atoms with van der Waals surface area (Å²) in [5.41, 5.74) is 1.04. The number of halogens is 3. The topological polar surface area (TPSA) is 73.7 Å². The summed E-state index contributed by atoms with van der Waals surface area (Å²) in [6, 6.07) is 5.04. The van der Waals surface area contributed by atoms with Crippen LogP contribution in [-0.4, -0.2) is 56.6 Å². The largest absolute Gasteiger partial charge is 0.490 e. The highest BCUT2D eigenvalue weighted by molar-refractivity contribution is 7.10. The van der Waals surface area contributed by atoms with Gasteiger partial charge in [0.05, 0.1) is 17.2 Å². The van der Waals surface area contributed by atoms with Crippen LogP contribution in [0.25, 0.3) is 0 Å². The number of aryl methyl sites for hydroxylation is 1. The molecule has 0 spiro atoms. The normalized spacial score (nSPS) is 21.8. The number of carbonyl (C=O) groups is 2. The molecule has 2 atom stereocenters. The summed E-state index contributed by atoms with van der Waals surface area (Å²) in [5, 5.41) is 12.4. The molecule has 2 aliphatic heterocycles. The van der Waals surface area contributed by atoms with Crippen LogP contribution in [0.3, 0.4) is 0 Å². The molecule has 0 aliphatic carbocycles. The molecule has 0 radical (unpaired) electrons. The first-order chi connectivity index (χ1) is 13.6. The van der Waals surface area contributed by atoms with E-state index in [1.807, 2.05) is 6.92 Å². The second-order valence-corrected chi connectivity index (χ2v) is 8.95. The highest BCUT2D eigenvalue weighted by atomic mass is 32.1. The summed E-state index contributed by atoms with van der Waals surface area (Å²) in [5.74, 6) is -2.47. The zero-order chi connectivity index (χ0) is 21.2. The van der Waals surface area contributed by atoms with E-state index in [9.17, 15) is 18.0 Å². The van der Waals surface area contributed by atoms with Crippen LogP contribution in [0.4, 0.5) is 13.2 Å². The number of aliphatic carboxylic acids is 1. The van der Waals surface area contributed by atoms with E-state index < -0.39 is 12.1 Å². The van der Waals surface area contributed by atoms with Crippen LogP contribution in [0, 0.1) is 6.92 Å². The fourth-order valence-electron chi connectivity index (χ4n) is 3.67. The summed E-state index contributed by atoms with van der Waals surface area (Å²) >= 11 is 3.46. The van der Waals surface area contributed by atoms with Crippen LogP contribution in [0.15, 0.2) is 22.9 Å². The summed E-state index contributed by atoms with van der Waals surface area (Å²) < 4.78 is 31.7. The van der Waals surface area contributed by atoms with Crippen LogP contribution >= 0.6 is 22.7 Å². The van der Waals surface area contributed by atoms with Gasteiger partial charge in [0, 0.05) is 41.9 Å². The molecule has 1 amide bonds. The first kappa shape index (κ1) is 21.7. The van der Waals surface area contributed by atoms with Gasteiger partial charge in [-0.15, -0.1) is 22.7 Å². The van der Waals surface area contributed by atoms with Gasteiger partial charge < -0.3 is 10.0 Å². The van der Waals surface area contributed by atoms with Gasteiger partial charge in [-0.1, -0.05) is 6.07 Å². The number of amides is 1. The average molecular weight is 448 g/mol. The van der Waals surface area contributed by atoms with Gasteiger partial charge in [-0.3, -0.25) is 9.69 Å². The third-order valence-corrected chi connectivity index (χ3v) is 6.59. The number of nitrogens with zero attached hydrogens (tertiary/aromatic N) is 3. The molecule has 4 heterocycles. The first-order valence-electron chi connectivity index (χ1n) is 8.92. The Kier molecular flexibility index (Phi) is 6.59. The number of rotatable bonds is 4. The van der Waals surface area contributed by atoms with Gasteiger partial charge in [0.2, 0.25) is 5.91 Å². The molecule has 2 saturated heterocycles. The number of alkyl halides is 3. The van der Waals surface area contributed by atoms with Crippen molar-refractivity contribution in [2.45, 2.75) is 51.1 Å². The van der Waals surface area contributed by atoms with E-state index in [1.54, 1.807) is 22.7 Å². The van der Waals surface area contributed by atoms with E-state index >= 15 is 0 Å². The average Bonchev–Trinajstić information content (AvgIpc) is 3.39. The van der Waals surface area contributed by atoms with Gasteiger partial charge in [-0.25, -0.2) is 9.78 Å². The molecule has 4 rings (SSSR count). The molecule has 0 bridgehead atoms. The maximum Gasteiger partial charge on any atom is 0.490 e. The lowest BCUT2D eigenvalue weighted by molar-refractivity contribution is -0.192. The quantitative estimate of drug-likeness (QED) is 0.776. The van der Waals surface area contributed by atoms with Crippen LogP contribution in [0.1, 0.15) is 28.4 Å². The second-order valence-electron chi connectivity index (χ2n) is 6.86. The molecule has 29 heavy (non-hydrogen) atoms. The zero-order valence-corrected chi connectivity index (χ0v) is 17.2. The number of fused-ring (bicyclic) bond motifs is 1. The SMILES string of the molecule is Cc1nc(CN2C(=O)C[C@@H]3[C@@H]2CCN3Cc2cccs2)cs1.O=C(O)C(F)(F)F. The minimum absolute atomic E-state index is 0.288. The fourth-order valence-corrected chi connectivity index (χ4v) is 5.00. The van der Waals surface area contributed by atoms with Crippen LogP contribution in [0.2, 0.25) is 0 Å². The summed E-state index contributed by atoms with van der Waals surface area (Å²) in [4.78, 5) is 31.8. The molecule has 0 unspecified atom stereocenters. The number of carboxylic acid groups (broad SMARTS) is 1. The van der Waals surface area contributed by atoms with Gasteiger partial charge in [0.25, 0.3) is 0 Å². The predicted molar refractivity (Wildman–Crippen MR) is 103 cm³/mol. The molecule has 2 aromatic heterocycles. The molecule has 2 aliphatic rings. The number of hydrogen-bond donors (Lipinski definition) is 1. The monoisotopic (exact) mass is 447 g/mol. The lowest BCUT2D eigenvalue weighted by atomic mass is 10.1. The number of carboxylic acids is 1. The lowest BCUT2D eigenvalue weighted by Gasteiger charge is -2.24. The van der Waals surface area contributed by atoms with E-state index in [1.165, 1.54) is 4.88 Å². The molecule has 11 heteroatoms. The number of likely N-dealkylation sites (tertiary alicyclic amines) is 2. The van der Waals surface area contributed by atoms with E-state index in [0.29, 0.717) is 25.0 Å². The molecule has 0 aromatic carbocycles. The lowest BCUT2D eigenvalue weighted by Crippen LogP contribution is -2.36. The van der Waals surface area contributed by atoms with Crippen molar-refractivity contribution in [3.8, 4) is 0 Å². The molecule has 2 aromatic rings. The second kappa shape index (κ2) is 8.80. The first-order valence-corrected chi connectivity index (χ1v) is 10.7. The van der Waals surface area contributed by atoms with Crippen molar-refractivity contribution in [3.05, 3.63) is 38.5 Å². The molecule has 158 valence electrons. The Morgan fingerprint density at radius 1 is 1.31 bits per heavy atom. The fraction of sp³-hybridized carbons (Fsp3) is 0.500.